The molecule has 1 N–H and O–H groups in total. The molecule has 6 nitrogen and oxygen atoms in total. The molecule has 0 aromatic heterocycles. The highest BCUT2D eigenvalue weighted by molar-refractivity contribution is 7.88. The Balaban J connectivity index is 1.69. The number of rotatable bonds is 5. The van der Waals surface area contributed by atoms with Gasteiger partial charge in [0.05, 0.1) is 6.26 Å². The third kappa shape index (κ3) is 5.84. The fourth-order valence-electron chi connectivity index (χ4n) is 4.11. The Morgan fingerprint density at radius 3 is 2.16 bits per heavy atom. The summed E-state index contributed by atoms with van der Waals surface area (Å²) in [5.41, 5.74) is 0. The van der Waals surface area contributed by atoms with E-state index in [0.29, 0.717) is 31.8 Å². The van der Waals surface area contributed by atoms with Crippen LogP contribution in [0.15, 0.2) is 0 Å². The van der Waals surface area contributed by atoms with Crippen molar-refractivity contribution in [1.29, 1.82) is 0 Å². The van der Waals surface area contributed by atoms with Gasteiger partial charge < -0.3 is 10.2 Å². The van der Waals surface area contributed by atoms with Gasteiger partial charge in [0.15, 0.2) is 0 Å². The van der Waals surface area contributed by atoms with Crippen LogP contribution in [0.2, 0.25) is 0 Å². The summed E-state index contributed by atoms with van der Waals surface area (Å²) in [7, 11) is -1.53. The van der Waals surface area contributed by atoms with Gasteiger partial charge in [0.25, 0.3) is 0 Å². The van der Waals surface area contributed by atoms with Crippen LogP contribution in [0.4, 0.5) is 4.79 Å². The maximum Gasteiger partial charge on any atom is 0.317 e. The van der Waals surface area contributed by atoms with Crippen LogP contribution in [0.25, 0.3) is 0 Å². The number of amides is 2. The molecule has 146 valence electrons. The van der Waals surface area contributed by atoms with Crippen LogP contribution in [0, 0.1) is 17.8 Å². The van der Waals surface area contributed by atoms with Crippen molar-refractivity contribution in [3.05, 3.63) is 0 Å². The van der Waals surface area contributed by atoms with Crippen molar-refractivity contribution in [3.8, 4) is 0 Å². The van der Waals surface area contributed by atoms with E-state index >= 15 is 0 Å². The van der Waals surface area contributed by atoms with Gasteiger partial charge >= 0.3 is 6.03 Å². The molecule has 2 aliphatic rings. The number of carbonyl (C=O) groups is 1. The Morgan fingerprint density at radius 2 is 1.68 bits per heavy atom. The zero-order chi connectivity index (χ0) is 18.6. The smallest absolute Gasteiger partial charge is 0.317 e. The summed E-state index contributed by atoms with van der Waals surface area (Å²) in [4.78, 5) is 14.2. The molecule has 0 atom stereocenters. The molecule has 0 bridgehead atoms. The standard InChI is InChI=1S/C18H35N3O3S/c1-14(2)16-7-5-15(6-8-16)13-19-18(22)21-11-9-17(10-12-21)20(3)25(4,23)24/h14-17H,5-13H2,1-4H3,(H,19,22). The van der Waals surface area contributed by atoms with E-state index in [-0.39, 0.29) is 12.1 Å². The number of urea groups is 1. The van der Waals surface area contributed by atoms with Gasteiger partial charge in [-0.05, 0) is 56.3 Å². The molecule has 1 saturated carbocycles. The van der Waals surface area contributed by atoms with Crippen LogP contribution in [0.3, 0.4) is 0 Å². The van der Waals surface area contributed by atoms with Crippen molar-refractivity contribution in [2.45, 2.75) is 58.4 Å². The largest absolute Gasteiger partial charge is 0.338 e. The minimum atomic E-state index is -3.16. The van der Waals surface area contributed by atoms with Gasteiger partial charge in [-0.15, -0.1) is 0 Å². The van der Waals surface area contributed by atoms with Gasteiger partial charge in [0.2, 0.25) is 10.0 Å². The lowest BCUT2D eigenvalue weighted by molar-refractivity contribution is 0.159. The van der Waals surface area contributed by atoms with Crippen LogP contribution in [0.1, 0.15) is 52.4 Å². The van der Waals surface area contributed by atoms with Crippen molar-refractivity contribution in [2.75, 3.05) is 32.9 Å². The van der Waals surface area contributed by atoms with Gasteiger partial charge in [-0.2, -0.15) is 0 Å². The van der Waals surface area contributed by atoms with Crippen molar-refractivity contribution in [1.82, 2.24) is 14.5 Å². The molecular formula is C18H35N3O3S. The van der Waals surface area contributed by atoms with E-state index in [1.807, 2.05) is 4.90 Å². The zero-order valence-corrected chi connectivity index (χ0v) is 17.0. The summed E-state index contributed by atoms with van der Waals surface area (Å²) >= 11 is 0. The molecule has 0 unspecified atom stereocenters. The van der Waals surface area contributed by atoms with E-state index in [2.05, 4.69) is 19.2 Å². The van der Waals surface area contributed by atoms with Crippen LogP contribution < -0.4 is 5.32 Å². The second-order valence-corrected chi connectivity index (χ2v) is 10.3. The SMILES string of the molecule is CC(C)C1CCC(CNC(=O)N2CCC(N(C)S(C)(=O)=O)CC2)CC1. The molecule has 7 heteroatoms. The molecule has 0 aromatic rings. The first-order chi connectivity index (χ1) is 11.7. The highest BCUT2D eigenvalue weighted by Gasteiger charge is 2.29. The van der Waals surface area contributed by atoms with Gasteiger partial charge in [0, 0.05) is 32.7 Å². The summed E-state index contributed by atoms with van der Waals surface area (Å²) in [6.07, 6.45) is 7.63. The highest BCUT2D eigenvalue weighted by Crippen LogP contribution is 2.32. The topological polar surface area (TPSA) is 69.7 Å². The number of piperidine rings is 1. The summed E-state index contributed by atoms with van der Waals surface area (Å²) in [5.74, 6) is 2.22. The second kappa shape index (κ2) is 8.71. The summed E-state index contributed by atoms with van der Waals surface area (Å²) in [6, 6.07) is 0.0109. The number of sulfonamides is 1. The predicted octanol–water partition coefficient (Wildman–Crippen LogP) is 2.51. The lowest BCUT2D eigenvalue weighted by Crippen LogP contribution is -2.50. The summed E-state index contributed by atoms with van der Waals surface area (Å²) in [6.45, 7) is 6.62. The van der Waals surface area contributed by atoms with E-state index < -0.39 is 10.0 Å². The average Bonchev–Trinajstić information content (AvgIpc) is 2.58. The molecule has 2 fully saturated rings. The molecule has 2 amide bonds. The second-order valence-electron chi connectivity index (χ2n) is 8.21. The van der Waals surface area contributed by atoms with Gasteiger partial charge in [-0.25, -0.2) is 17.5 Å². The molecule has 25 heavy (non-hydrogen) atoms. The Hall–Kier alpha value is -0.820. The third-order valence-electron chi connectivity index (χ3n) is 6.17. The first kappa shape index (κ1) is 20.5. The van der Waals surface area contributed by atoms with E-state index in [4.69, 9.17) is 0 Å². The normalized spacial score (nSPS) is 26.2. The zero-order valence-electron chi connectivity index (χ0n) is 16.2. The van der Waals surface area contributed by atoms with E-state index in [9.17, 15) is 13.2 Å². The van der Waals surface area contributed by atoms with Crippen LogP contribution >= 0.6 is 0 Å². The number of hydrogen-bond donors (Lipinski definition) is 1. The first-order valence-corrected chi connectivity index (χ1v) is 11.5. The predicted molar refractivity (Wildman–Crippen MR) is 101 cm³/mol. The maximum atomic E-state index is 12.4. The van der Waals surface area contributed by atoms with Gasteiger partial charge in [0.1, 0.15) is 0 Å². The Morgan fingerprint density at radius 1 is 1.12 bits per heavy atom. The fourth-order valence-corrected chi connectivity index (χ4v) is 4.86. The first-order valence-electron chi connectivity index (χ1n) is 9.64. The third-order valence-corrected chi connectivity index (χ3v) is 7.51. The molecule has 0 radical (unpaired) electrons. The van der Waals surface area contributed by atoms with Crippen molar-refractivity contribution in [2.24, 2.45) is 17.8 Å². The summed E-state index contributed by atoms with van der Waals surface area (Å²) < 4.78 is 24.7. The Labute approximate surface area is 153 Å². The lowest BCUT2D eigenvalue weighted by atomic mass is 9.77. The quantitative estimate of drug-likeness (QED) is 0.805. The number of nitrogens with zero attached hydrogens (tertiary/aromatic N) is 2. The minimum Gasteiger partial charge on any atom is -0.338 e. The van der Waals surface area contributed by atoms with Crippen LogP contribution in [-0.2, 0) is 10.0 Å². The van der Waals surface area contributed by atoms with Gasteiger partial charge in [-0.3, -0.25) is 0 Å². The van der Waals surface area contributed by atoms with Gasteiger partial charge in [-0.1, -0.05) is 13.8 Å². The average molecular weight is 374 g/mol. The van der Waals surface area contributed by atoms with Crippen LogP contribution in [-0.4, -0.2) is 62.6 Å². The molecule has 2 rings (SSSR count). The number of hydrogen-bond acceptors (Lipinski definition) is 3. The number of likely N-dealkylation sites (tertiary alicyclic amines) is 1. The molecule has 1 aliphatic carbocycles. The molecule has 1 saturated heterocycles. The molecule has 0 spiro atoms. The monoisotopic (exact) mass is 373 g/mol. The number of carbonyl (C=O) groups excluding carboxylic acids is 1. The molecule has 1 aliphatic heterocycles. The van der Waals surface area contributed by atoms with E-state index in [0.717, 1.165) is 18.4 Å². The van der Waals surface area contributed by atoms with E-state index in [1.165, 1.54) is 36.2 Å². The Bertz CT molecular complexity index is 534. The van der Waals surface area contributed by atoms with Crippen molar-refractivity contribution >= 4 is 16.1 Å². The lowest BCUT2D eigenvalue weighted by Gasteiger charge is -2.36. The number of nitrogens with one attached hydrogen (secondary N) is 1. The highest BCUT2D eigenvalue weighted by atomic mass is 32.2. The summed E-state index contributed by atoms with van der Waals surface area (Å²) in [5, 5.41) is 3.10. The van der Waals surface area contributed by atoms with E-state index in [1.54, 1.807) is 7.05 Å². The molecule has 0 aromatic carbocycles. The minimum absolute atomic E-state index is 0.00496. The van der Waals surface area contributed by atoms with Crippen molar-refractivity contribution in [3.63, 3.8) is 0 Å². The fraction of sp³-hybridized carbons (Fsp3) is 0.944. The van der Waals surface area contributed by atoms with Crippen LogP contribution in [0.5, 0.6) is 0 Å². The Kier molecular flexibility index (Phi) is 7.14. The molecule has 1 heterocycles. The molecular weight excluding hydrogens is 338 g/mol. The van der Waals surface area contributed by atoms with Crippen molar-refractivity contribution < 1.29 is 13.2 Å². The maximum absolute atomic E-state index is 12.4.